The highest BCUT2D eigenvalue weighted by atomic mass is 35.5. The van der Waals surface area contributed by atoms with E-state index in [4.69, 9.17) is 11.6 Å². The average Bonchev–Trinajstić information content (AvgIpc) is 3.22. The SMILES string of the molecule is Cc1cc(C)n(CCN(C)C(=O)c2cc(C(F)(F)F)nn2-c2ccccc2Cl)n1. The highest BCUT2D eigenvalue weighted by molar-refractivity contribution is 6.32. The molecule has 0 bridgehead atoms. The topological polar surface area (TPSA) is 56.0 Å². The average molecular weight is 426 g/mol. The number of rotatable bonds is 5. The van der Waals surface area contributed by atoms with Gasteiger partial charge in [0.1, 0.15) is 5.69 Å². The lowest BCUT2D eigenvalue weighted by Gasteiger charge is -2.18. The van der Waals surface area contributed by atoms with Gasteiger partial charge in [-0.15, -0.1) is 0 Å². The van der Waals surface area contributed by atoms with Gasteiger partial charge < -0.3 is 4.90 Å². The zero-order chi connectivity index (χ0) is 21.3. The van der Waals surface area contributed by atoms with Crippen LogP contribution < -0.4 is 0 Å². The molecule has 0 unspecified atom stereocenters. The Morgan fingerprint density at radius 2 is 1.86 bits per heavy atom. The number of benzene rings is 1. The van der Waals surface area contributed by atoms with Gasteiger partial charge in [-0.05, 0) is 32.0 Å². The van der Waals surface area contributed by atoms with E-state index in [2.05, 4.69) is 10.2 Å². The van der Waals surface area contributed by atoms with Crippen LogP contribution in [0.1, 0.15) is 27.6 Å². The molecule has 2 heterocycles. The fourth-order valence-corrected chi connectivity index (χ4v) is 3.14. The predicted octanol–water partition coefficient (Wildman–Crippen LogP) is 4.13. The highest BCUT2D eigenvalue weighted by Crippen LogP contribution is 2.31. The number of para-hydroxylation sites is 1. The number of carbonyl (C=O) groups is 1. The molecule has 0 N–H and O–H groups in total. The molecule has 1 aromatic carbocycles. The molecule has 6 nitrogen and oxygen atoms in total. The molecule has 2 aromatic heterocycles. The summed E-state index contributed by atoms with van der Waals surface area (Å²) in [5.74, 6) is -0.602. The summed E-state index contributed by atoms with van der Waals surface area (Å²) in [6, 6.07) is 8.92. The minimum Gasteiger partial charge on any atom is -0.339 e. The van der Waals surface area contributed by atoms with Crippen LogP contribution in [0.3, 0.4) is 0 Å². The first-order chi connectivity index (χ1) is 13.6. The summed E-state index contributed by atoms with van der Waals surface area (Å²) < 4.78 is 42.4. The quantitative estimate of drug-likeness (QED) is 0.617. The summed E-state index contributed by atoms with van der Waals surface area (Å²) in [4.78, 5) is 14.3. The Bertz CT molecular complexity index is 1040. The lowest BCUT2D eigenvalue weighted by atomic mass is 10.2. The monoisotopic (exact) mass is 425 g/mol. The van der Waals surface area contributed by atoms with Gasteiger partial charge in [0.25, 0.3) is 5.91 Å². The van der Waals surface area contributed by atoms with Gasteiger partial charge in [-0.1, -0.05) is 23.7 Å². The summed E-state index contributed by atoms with van der Waals surface area (Å²) in [5.41, 5.74) is 0.598. The third-order valence-electron chi connectivity index (χ3n) is 4.40. The van der Waals surface area contributed by atoms with Crippen molar-refractivity contribution in [2.45, 2.75) is 26.6 Å². The van der Waals surface area contributed by atoms with Crippen molar-refractivity contribution in [3.05, 3.63) is 64.2 Å². The minimum absolute atomic E-state index is 0.184. The van der Waals surface area contributed by atoms with Gasteiger partial charge in [0.15, 0.2) is 5.69 Å². The van der Waals surface area contributed by atoms with E-state index in [1.165, 1.54) is 24.1 Å². The number of hydrogen-bond donors (Lipinski definition) is 0. The molecular formula is C19H19ClF3N5O. The molecule has 1 amide bonds. The fourth-order valence-electron chi connectivity index (χ4n) is 2.92. The molecule has 154 valence electrons. The van der Waals surface area contributed by atoms with Gasteiger partial charge in [-0.3, -0.25) is 9.48 Å². The van der Waals surface area contributed by atoms with Crippen molar-refractivity contribution < 1.29 is 18.0 Å². The van der Waals surface area contributed by atoms with Crippen molar-refractivity contribution in [3.63, 3.8) is 0 Å². The molecule has 3 aromatic rings. The second kappa shape index (κ2) is 7.90. The summed E-state index contributed by atoms with van der Waals surface area (Å²) in [6.45, 7) is 4.42. The normalized spacial score (nSPS) is 11.7. The maximum atomic E-state index is 13.2. The molecule has 0 radical (unpaired) electrons. The van der Waals surface area contributed by atoms with Gasteiger partial charge in [0, 0.05) is 25.4 Å². The summed E-state index contributed by atoms with van der Waals surface area (Å²) in [6.07, 6.45) is -4.69. The fraction of sp³-hybridized carbons (Fsp3) is 0.316. The first-order valence-electron chi connectivity index (χ1n) is 8.76. The Morgan fingerprint density at radius 1 is 1.17 bits per heavy atom. The molecular weight excluding hydrogens is 407 g/mol. The van der Waals surface area contributed by atoms with Crippen molar-refractivity contribution in [2.24, 2.45) is 0 Å². The summed E-state index contributed by atoms with van der Waals surface area (Å²) in [7, 11) is 1.52. The summed E-state index contributed by atoms with van der Waals surface area (Å²) >= 11 is 6.12. The molecule has 0 saturated carbocycles. The number of alkyl halides is 3. The van der Waals surface area contributed by atoms with Crippen molar-refractivity contribution in [1.82, 2.24) is 24.5 Å². The van der Waals surface area contributed by atoms with Crippen molar-refractivity contribution >= 4 is 17.5 Å². The molecule has 0 aliphatic rings. The van der Waals surface area contributed by atoms with E-state index >= 15 is 0 Å². The Hall–Kier alpha value is -2.81. The van der Waals surface area contributed by atoms with Gasteiger partial charge in [-0.25, -0.2) is 4.68 Å². The number of likely N-dealkylation sites (N-methyl/N-ethyl adjacent to an activating group) is 1. The molecule has 10 heteroatoms. The zero-order valence-corrected chi connectivity index (χ0v) is 16.8. The standard InChI is InChI=1S/C19H19ClF3N5O/c1-12-10-13(2)27(24-12)9-8-26(3)18(29)16-11-17(19(21,22)23)25-28(16)15-7-5-4-6-14(15)20/h4-7,10-11H,8-9H2,1-3H3. The Morgan fingerprint density at radius 3 is 2.45 bits per heavy atom. The van der Waals surface area contributed by atoms with E-state index < -0.39 is 17.8 Å². The molecule has 0 aliphatic heterocycles. The number of carbonyl (C=O) groups excluding carboxylic acids is 1. The van der Waals surface area contributed by atoms with Crippen molar-refractivity contribution in [2.75, 3.05) is 13.6 Å². The predicted molar refractivity (Wildman–Crippen MR) is 102 cm³/mol. The van der Waals surface area contributed by atoms with Crippen LogP contribution in [0.5, 0.6) is 0 Å². The molecule has 3 rings (SSSR count). The largest absolute Gasteiger partial charge is 0.435 e. The number of aromatic nitrogens is 4. The van der Waals surface area contributed by atoms with Crippen molar-refractivity contribution in [1.29, 1.82) is 0 Å². The van der Waals surface area contributed by atoms with Gasteiger partial charge in [0.2, 0.25) is 0 Å². The number of hydrogen-bond acceptors (Lipinski definition) is 3. The molecule has 0 spiro atoms. The van der Waals surface area contributed by atoms with Crippen LogP contribution in [-0.2, 0) is 12.7 Å². The second-order valence-electron chi connectivity index (χ2n) is 6.65. The Labute approximate surface area is 170 Å². The molecule has 0 aliphatic carbocycles. The van der Waals surface area contributed by atoms with E-state index in [1.807, 2.05) is 19.9 Å². The second-order valence-corrected chi connectivity index (χ2v) is 7.06. The lowest BCUT2D eigenvalue weighted by Crippen LogP contribution is -2.32. The first kappa shape index (κ1) is 20.9. The maximum absolute atomic E-state index is 13.2. The van der Waals surface area contributed by atoms with E-state index in [-0.39, 0.29) is 22.9 Å². The van der Waals surface area contributed by atoms with E-state index in [1.54, 1.807) is 16.8 Å². The molecule has 0 atom stereocenters. The highest BCUT2D eigenvalue weighted by Gasteiger charge is 2.36. The third-order valence-corrected chi connectivity index (χ3v) is 4.72. The van der Waals surface area contributed by atoms with Crippen LogP contribution in [0.2, 0.25) is 5.02 Å². The van der Waals surface area contributed by atoms with Crippen LogP contribution >= 0.6 is 11.6 Å². The first-order valence-corrected chi connectivity index (χ1v) is 9.14. The zero-order valence-electron chi connectivity index (χ0n) is 16.0. The van der Waals surface area contributed by atoms with E-state index in [0.29, 0.717) is 6.54 Å². The maximum Gasteiger partial charge on any atom is 0.435 e. The van der Waals surface area contributed by atoms with Crippen LogP contribution in [0.25, 0.3) is 5.69 Å². The van der Waals surface area contributed by atoms with Crippen molar-refractivity contribution in [3.8, 4) is 5.69 Å². The lowest BCUT2D eigenvalue weighted by molar-refractivity contribution is -0.141. The van der Waals surface area contributed by atoms with Gasteiger partial charge >= 0.3 is 6.18 Å². The van der Waals surface area contributed by atoms with Crippen LogP contribution in [0, 0.1) is 13.8 Å². The Balaban J connectivity index is 1.91. The molecule has 0 saturated heterocycles. The summed E-state index contributed by atoms with van der Waals surface area (Å²) in [5, 5.41) is 8.10. The Kier molecular flexibility index (Phi) is 5.70. The van der Waals surface area contributed by atoms with E-state index in [9.17, 15) is 18.0 Å². The van der Waals surface area contributed by atoms with Crippen LogP contribution in [0.4, 0.5) is 13.2 Å². The molecule has 29 heavy (non-hydrogen) atoms. The number of nitrogens with zero attached hydrogens (tertiary/aromatic N) is 5. The number of aryl methyl sites for hydroxylation is 2. The smallest absolute Gasteiger partial charge is 0.339 e. The number of amides is 1. The number of halogens is 4. The van der Waals surface area contributed by atoms with Crippen LogP contribution in [-0.4, -0.2) is 44.0 Å². The molecule has 0 fully saturated rings. The minimum atomic E-state index is -4.69. The van der Waals surface area contributed by atoms with Crippen LogP contribution in [0.15, 0.2) is 36.4 Å². The third kappa shape index (κ3) is 4.45. The van der Waals surface area contributed by atoms with Gasteiger partial charge in [0.05, 0.1) is 22.9 Å². The van der Waals surface area contributed by atoms with Gasteiger partial charge in [-0.2, -0.15) is 23.4 Å². The van der Waals surface area contributed by atoms with E-state index in [0.717, 1.165) is 22.1 Å².